The number of primary sulfonamides is 1. The number of amides is 2. The van der Waals surface area contributed by atoms with E-state index in [0.29, 0.717) is 11.1 Å². The summed E-state index contributed by atoms with van der Waals surface area (Å²) in [4.78, 5) is 24.7. The molecule has 0 saturated carbocycles. The Morgan fingerprint density at radius 2 is 1.60 bits per heavy atom. The molecule has 0 aliphatic heterocycles. The highest BCUT2D eigenvalue weighted by Gasteiger charge is 2.17. The molecule has 0 spiro atoms. The average molecular weight is 426 g/mol. The number of nitrogens with two attached hydrogens (primary N) is 1. The normalized spacial score (nSPS) is 11.2. The van der Waals surface area contributed by atoms with Gasteiger partial charge in [0.1, 0.15) is 0 Å². The van der Waals surface area contributed by atoms with Crippen molar-refractivity contribution in [3.8, 4) is 5.69 Å². The van der Waals surface area contributed by atoms with Crippen LogP contribution in [0.2, 0.25) is 0 Å². The molecule has 2 amide bonds. The summed E-state index contributed by atoms with van der Waals surface area (Å²) in [6.45, 7) is 3.74. The molecule has 1 heterocycles. The first kappa shape index (κ1) is 21.3. The number of hydrogen-bond acceptors (Lipinski definition) is 4. The summed E-state index contributed by atoms with van der Waals surface area (Å²) in [6, 6.07) is 17.1. The van der Waals surface area contributed by atoms with Crippen molar-refractivity contribution >= 4 is 21.8 Å². The number of nitrogens with one attached hydrogen (secondary N) is 2. The predicted molar refractivity (Wildman–Crippen MR) is 112 cm³/mol. The van der Waals surface area contributed by atoms with Gasteiger partial charge in [0.25, 0.3) is 5.91 Å². The van der Waals surface area contributed by atoms with Crippen molar-refractivity contribution in [1.82, 2.24) is 15.4 Å². The quantitative estimate of drug-likeness (QED) is 0.538. The number of carbonyl (C=O) groups excluding carboxylic acids is 2. The lowest BCUT2D eigenvalue weighted by Gasteiger charge is -2.10. The van der Waals surface area contributed by atoms with Crippen LogP contribution in [0, 0.1) is 13.8 Å². The molecule has 0 saturated heterocycles. The number of aromatic nitrogens is 1. The molecule has 156 valence electrons. The second kappa shape index (κ2) is 8.52. The average Bonchev–Trinajstić information content (AvgIpc) is 3.00. The zero-order chi connectivity index (χ0) is 21.9. The van der Waals surface area contributed by atoms with Gasteiger partial charge in [-0.1, -0.05) is 30.3 Å². The first-order chi connectivity index (χ1) is 14.2. The van der Waals surface area contributed by atoms with Crippen LogP contribution in [-0.4, -0.2) is 24.8 Å². The van der Waals surface area contributed by atoms with Gasteiger partial charge < -0.3 is 4.57 Å². The van der Waals surface area contributed by atoms with E-state index in [1.54, 1.807) is 6.07 Å². The molecular weight excluding hydrogens is 404 g/mol. The molecule has 9 heteroatoms. The summed E-state index contributed by atoms with van der Waals surface area (Å²) < 4.78 is 24.5. The number of benzene rings is 2. The highest BCUT2D eigenvalue weighted by molar-refractivity contribution is 7.89. The SMILES string of the molecule is Cc1cc(C(=O)NNC(=O)Cc2ccc(S(N)(=O)=O)cc2)c(C)n1-c1ccccc1. The number of carbonyl (C=O) groups is 2. The number of hydrazine groups is 1. The number of nitrogens with zero attached hydrogens (tertiary/aromatic N) is 1. The third-order valence-corrected chi connectivity index (χ3v) is 5.55. The largest absolute Gasteiger partial charge is 0.318 e. The first-order valence-corrected chi connectivity index (χ1v) is 10.7. The molecular formula is C21H22N4O4S. The molecule has 0 aliphatic rings. The molecule has 2 aromatic carbocycles. The van der Waals surface area contributed by atoms with E-state index in [1.165, 1.54) is 24.3 Å². The molecule has 0 radical (unpaired) electrons. The Balaban J connectivity index is 1.64. The fourth-order valence-corrected chi connectivity index (χ4v) is 3.70. The van der Waals surface area contributed by atoms with Crippen LogP contribution < -0.4 is 16.0 Å². The minimum absolute atomic E-state index is 0.0335. The Morgan fingerprint density at radius 3 is 2.20 bits per heavy atom. The van der Waals surface area contributed by atoms with E-state index in [4.69, 9.17) is 5.14 Å². The van der Waals surface area contributed by atoms with Gasteiger partial charge >= 0.3 is 0 Å². The zero-order valence-corrected chi connectivity index (χ0v) is 17.4. The monoisotopic (exact) mass is 426 g/mol. The highest BCUT2D eigenvalue weighted by Crippen LogP contribution is 2.20. The minimum atomic E-state index is -3.79. The molecule has 8 nitrogen and oxygen atoms in total. The number of sulfonamides is 1. The Morgan fingerprint density at radius 1 is 0.967 bits per heavy atom. The van der Waals surface area contributed by atoms with Crippen LogP contribution in [0.25, 0.3) is 5.69 Å². The minimum Gasteiger partial charge on any atom is -0.318 e. The van der Waals surface area contributed by atoms with Gasteiger partial charge in [-0.15, -0.1) is 0 Å². The molecule has 1 aromatic heterocycles. The van der Waals surface area contributed by atoms with Gasteiger partial charge in [-0.25, -0.2) is 13.6 Å². The maximum absolute atomic E-state index is 12.6. The fraction of sp³-hybridized carbons (Fsp3) is 0.143. The van der Waals surface area contributed by atoms with Gasteiger partial charge in [0.15, 0.2) is 0 Å². The Hall–Kier alpha value is -3.43. The zero-order valence-electron chi connectivity index (χ0n) is 16.5. The lowest BCUT2D eigenvalue weighted by molar-refractivity contribution is -0.121. The van der Waals surface area contributed by atoms with Crippen LogP contribution in [0.15, 0.2) is 65.6 Å². The van der Waals surface area contributed by atoms with Gasteiger partial charge in [-0.05, 0) is 49.7 Å². The van der Waals surface area contributed by atoms with Crippen molar-refractivity contribution in [2.45, 2.75) is 25.2 Å². The van der Waals surface area contributed by atoms with Crippen LogP contribution in [0.4, 0.5) is 0 Å². The van der Waals surface area contributed by atoms with E-state index < -0.39 is 21.8 Å². The molecule has 3 rings (SSSR count). The van der Waals surface area contributed by atoms with E-state index in [9.17, 15) is 18.0 Å². The second-order valence-corrected chi connectivity index (χ2v) is 8.39. The van der Waals surface area contributed by atoms with E-state index in [-0.39, 0.29) is 11.3 Å². The van der Waals surface area contributed by atoms with Crippen molar-refractivity contribution in [2.75, 3.05) is 0 Å². The molecule has 4 N–H and O–H groups in total. The Bertz CT molecular complexity index is 1180. The van der Waals surface area contributed by atoms with Gasteiger partial charge in [0.2, 0.25) is 15.9 Å². The van der Waals surface area contributed by atoms with Crippen LogP contribution in [0.5, 0.6) is 0 Å². The number of rotatable bonds is 5. The van der Waals surface area contributed by atoms with E-state index >= 15 is 0 Å². The van der Waals surface area contributed by atoms with Crippen LogP contribution in [0.1, 0.15) is 27.3 Å². The standard InChI is InChI=1S/C21H22N4O4S/c1-14-12-19(15(2)25(14)17-6-4-3-5-7-17)21(27)24-23-20(26)13-16-8-10-18(11-9-16)30(22,28)29/h3-12H,13H2,1-2H3,(H,23,26)(H,24,27)(H2,22,28,29). The maximum Gasteiger partial charge on any atom is 0.271 e. The molecule has 0 atom stereocenters. The molecule has 0 fully saturated rings. The summed E-state index contributed by atoms with van der Waals surface area (Å²) in [5.74, 6) is -0.869. The lowest BCUT2D eigenvalue weighted by Crippen LogP contribution is -2.42. The predicted octanol–water partition coefficient (Wildman–Crippen LogP) is 1.75. The summed E-state index contributed by atoms with van der Waals surface area (Å²) >= 11 is 0. The Kier molecular flexibility index (Phi) is 6.04. The van der Waals surface area contributed by atoms with E-state index in [1.807, 2.05) is 48.7 Å². The summed E-state index contributed by atoms with van der Waals surface area (Å²) in [6.07, 6.45) is -0.0335. The van der Waals surface area contributed by atoms with Crippen LogP contribution in [0.3, 0.4) is 0 Å². The topological polar surface area (TPSA) is 123 Å². The second-order valence-electron chi connectivity index (χ2n) is 6.82. The van der Waals surface area contributed by atoms with Gasteiger partial charge in [-0.3, -0.25) is 20.4 Å². The van der Waals surface area contributed by atoms with E-state index in [0.717, 1.165) is 17.1 Å². The van der Waals surface area contributed by atoms with Gasteiger partial charge in [0.05, 0.1) is 16.9 Å². The van der Waals surface area contributed by atoms with Crippen LogP contribution in [-0.2, 0) is 21.2 Å². The molecule has 0 bridgehead atoms. The highest BCUT2D eigenvalue weighted by atomic mass is 32.2. The molecule has 0 unspecified atom stereocenters. The van der Waals surface area contributed by atoms with Crippen molar-refractivity contribution in [3.63, 3.8) is 0 Å². The fourth-order valence-electron chi connectivity index (χ4n) is 3.19. The Labute approximate surface area is 174 Å². The number of aryl methyl sites for hydroxylation is 1. The first-order valence-electron chi connectivity index (χ1n) is 9.12. The summed E-state index contributed by atoms with van der Waals surface area (Å²) in [5, 5.41) is 5.05. The van der Waals surface area contributed by atoms with Crippen LogP contribution >= 0.6 is 0 Å². The maximum atomic E-state index is 12.6. The number of para-hydroxylation sites is 1. The van der Waals surface area contributed by atoms with Crippen molar-refractivity contribution in [1.29, 1.82) is 0 Å². The summed E-state index contributed by atoms with van der Waals surface area (Å²) in [7, 11) is -3.79. The van der Waals surface area contributed by atoms with Gasteiger partial charge in [0, 0.05) is 17.1 Å². The lowest BCUT2D eigenvalue weighted by atomic mass is 10.1. The molecule has 0 aliphatic carbocycles. The third-order valence-electron chi connectivity index (χ3n) is 4.62. The van der Waals surface area contributed by atoms with Crippen molar-refractivity contribution in [2.24, 2.45) is 5.14 Å². The smallest absolute Gasteiger partial charge is 0.271 e. The third kappa shape index (κ3) is 4.76. The van der Waals surface area contributed by atoms with E-state index in [2.05, 4.69) is 10.9 Å². The number of hydrogen-bond donors (Lipinski definition) is 3. The van der Waals surface area contributed by atoms with Crippen molar-refractivity contribution in [3.05, 3.63) is 83.2 Å². The van der Waals surface area contributed by atoms with Crippen molar-refractivity contribution < 1.29 is 18.0 Å². The molecule has 3 aromatic rings. The summed E-state index contributed by atoms with van der Waals surface area (Å²) in [5.41, 5.74) is 8.42. The van der Waals surface area contributed by atoms with Gasteiger partial charge in [-0.2, -0.15) is 0 Å². The molecule has 30 heavy (non-hydrogen) atoms.